The highest BCUT2D eigenvalue weighted by Crippen LogP contribution is 2.30. The van der Waals surface area contributed by atoms with Gasteiger partial charge in [-0.2, -0.15) is 0 Å². The monoisotopic (exact) mass is 411 g/mol. The van der Waals surface area contributed by atoms with E-state index in [0.29, 0.717) is 24.4 Å². The molecule has 0 unspecified atom stereocenters. The fourth-order valence-electron chi connectivity index (χ4n) is 4.81. The topological polar surface area (TPSA) is 81.9 Å². The normalized spacial score (nSPS) is 20.8. The van der Waals surface area contributed by atoms with Crippen LogP contribution in [-0.4, -0.2) is 83.9 Å². The maximum atomic E-state index is 12.8. The number of hydrogen-bond acceptors (Lipinski definition) is 6. The van der Waals surface area contributed by atoms with Crippen molar-refractivity contribution in [2.75, 3.05) is 46.3 Å². The molecule has 2 aromatic rings. The molecule has 0 atom stereocenters. The smallest absolute Gasteiger partial charge is 0.269 e. The molecule has 8 nitrogen and oxygen atoms in total. The average Bonchev–Trinajstić information content (AvgIpc) is 3.09. The highest BCUT2D eigenvalue weighted by atomic mass is 16.3. The van der Waals surface area contributed by atoms with Crippen molar-refractivity contribution in [1.29, 1.82) is 0 Å². The zero-order valence-electron chi connectivity index (χ0n) is 17.5. The predicted octanol–water partition coefficient (Wildman–Crippen LogP) is 1.24. The van der Waals surface area contributed by atoms with Crippen LogP contribution in [0.4, 0.5) is 0 Å². The Kier molecular flexibility index (Phi) is 5.20. The molecule has 160 valence electrons. The predicted molar refractivity (Wildman–Crippen MR) is 112 cm³/mol. The van der Waals surface area contributed by atoms with E-state index in [1.807, 2.05) is 4.90 Å². The van der Waals surface area contributed by atoms with Gasteiger partial charge in [-0.15, -0.1) is 0 Å². The lowest BCUT2D eigenvalue weighted by atomic mass is 9.91. The number of furan rings is 1. The van der Waals surface area contributed by atoms with Gasteiger partial charge in [-0.05, 0) is 19.3 Å². The third-order valence-corrected chi connectivity index (χ3v) is 6.88. The van der Waals surface area contributed by atoms with Crippen molar-refractivity contribution in [3.63, 3.8) is 0 Å². The molecule has 0 bridgehead atoms. The molecule has 4 heterocycles. The Hall–Kier alpha value is -2.45. The minimum Gasteiger partial charge on any atom is -0.459 e. The zero-order valence-corrected chi connectivity index (χ0v) is 17.5. The van der Waals surface area contributed by atoms with Crippen molar-refractivity contribution < 1.29 is 14.0 Å². The number of amides is 2. The fraction of sp³-hybridized carbons (Fsp3) is 0.591. The lowest BCUT2D eigenvalue weighted by Crippen LogP contribution is -2.55. The van der Waals surface area contributed by atoms with Crippen molar-refractivity contribution in [2.45, 2.75) is 38.3 Å². The number of rotatable bonds is 4. The second-order valence-corrected chi connectivity index (χ2v) is 8.61. The van der Waals surface area contributed by atoms with E-state index in [1.165, 1.54) is 19.3 Å². The van der Waals surface area contributed by atoms with Gasteiger partial charge in [-0.3, -0.25) is 24.4 Å². The standard InChI is InChI=1S/C22H29N5O3/c1-23-22(29)18-11-19-17(12-24-18)16-5-6-25(13-20(16)30-19)14-21(28)27-9-7-26(8-10-27)15-3-2-4-15/h11-12,15H,2-10,13-14H2,1H3,(H,23,29). The number of piperazine rings is 1. The van der Waals surface area contributed by atoms with E-state index in [-0.39, 0.29) is 11.8 Å². The van der Waals surface area contributed by atoms with E-state index < -0.39 is 0 Å². The largest absolute Gasteiger partial charge is 0.459 e. The number of aromatic nitrogens is 1. The molecular weight excluding hydrogens is 382 g/mol. The summed E-state index contributed by atoms with van der Waals surface area (Å²) in [5.74, 6) is 0.872. The van der Waals surface area contributed by atoms with E-state index in [4.69, 9.17) is 4.42 Å². The van der Waals surface area contributed by atoms with Crippen LogP contribution in [0, 0.1) is 0 Å². The van der Waals surface area contributed by atoms with Gasteiger partial charge in [0.05, 0.1) is 13.1 Å². The fourth-order valence-corrected chi connectivity index (χ4v) is 4.81. The molecule has 30 heavy (non-hydrogen) atoms. The summed E-state index contributed by atoms with van der Waals surface area (Å²) in [6, 6.07) is 2.46. The summed E-state index contributed by atoms with van der Waals surface area (Å²) in [6.07, 6.45) is 6.55. The van der Waals surface area contributed by atoms with Crippen LogP contribution >= 0.6 is 0 Å². The van der Waals surface area contributed by atoms with Crippen LogP contribution in [0.1, 0.15) is 41.1 Å². The first-order valence-electron chi connectivity index (χ1n) is 11.0. The Balaban J connectivity index is 1.21. The SMILES string of the molecule is CNC(=O)c1cc2oc3c(c2cn1)CCN(CC(=O)N1CCN(C2CCC2)CC1)C3. The minimum absolute atomic E-state index is 0.214. The minimum atomic E-state index is -0.226. The molecule has 1 N–H and O–H groups in total. The molecule has 2 amide bonds. The maximum absolute atomic E-state index is 12.8. The van der Waals surface area contributed by atoms with Gasteiger partial charge in [0.15, 0.2) is 0 Å². The van der Waals surface area contributed by atoms with Crippen LogP contribution in [0.25, 0.3) is 11.0 Å². The number of nitrogens with zero attached hydrogens (tertiary/aromatic N) is 4. The molecule has 8 heteroatoms. The molecule has 2 fully saturated rings. The number of hydrogen-bond donors (Lipinski definition) is 1. The summed E-state index contributed by atoms with van der Waals surface area (Å²) in [5.41, 5.74) is 2.19. The van der Waals surface area contributed by atoms with Crippen molar-refractivity contribution >= 4 is 22.8 Å². The molecule has 2 aromatic heterocycles. The summed E-state index contributed by atoms with van der Waals surface area (Å²) in [6.45, 7) is 5.57. The van der Waals surface area contributed by atoms with Crippen LogP contribution in [0.2, 0.25) is 0 Å². The number of fused-ring (bicyclic) bond motifs is 3. The molecular formula is C22H29N5O3. The first-order valence-corrected chi connectivity index (χ1v) is 11.0. The Bertz CT molecular complexity index is 959. The van der Waals surface area contributed by atoms with E-state index in [1.54, 1.807) is 19.3 Å². The Morgan fingerprint density at radius 3 is 2.70 bits per heavy atom. The van der Waals surface area contributed by atoms with Crippen molar-refractivity contribution in [3.05, 3.63) is 29.3 Å². The van der Waals surface area contributed by atoms with Gasteiger partial charge < -0.3 is 14.6 Å². The van der Waals surface area contributed by atoms with E-state index in [0.717, 1.165) is 61.9 Å². The maximum Gasteiger partial charge on any atom is 0.269 e. The lowest BCUT2D eigenvalue weighted by Gasteiger charge is -2.43. The summed E-state index contributed by atoms with van der Waals surface area (Å²) < 4.78 is 6.05. The van der Waals surface area contributed by atoms with Gasteiger partial charge in [0.25, 0.3) is 5.91 Å². The van der Waals surface area contributed by atoms with Gasteiger partial charge in [-0.25, -0.2) is 0 Å². The third kappa shape index (κ3) is 3.58. The van der Waals surface area contributed by atoms with E-state index in [2.05, 4.69) is 20.1 Å². The van der Waals surface area contributed by atoms with E-state index in [9.17, 15) is 9.59 Å². The Labute approximate surface area is 176 Å². The molecule has 3 aliphatic rings. The average molecular weight is 412 g/mol. The van der Waals surface area contributed by atoms with Gasteiger partial charge in [0.1, 0.15) is 17.0 Å². The highest BCUT2D eigenvalue weighted by Gasteiger charge is 2.31. The quantitative estimate of drug-likeness (QED) is 0.815. The number of pyridine rings is 1. The van der Waals surface area contributed by atoms with Crippen LogP contribution in [0.5, 0.6) is 0 Å². The van der Waals surface area contributed by atoms with E-state index >= 15 is 0 Å². The lowest BCUT2D eigenvalue weighted by molar-refractivity contribution is -0.135. The zero-order chi connectivity index (χ0) is 20.7. The number of carbonyl (C=O) groups excluding carboxylic acids is 2. The first-order chi connectivity index (χ1) is 14.6. The molecule has 0 spiro atoms. The van der Waals surface area contributed by atoms with Gasteiger partial charge in [0, 0.05) is 69.0 Å². The van der Waals surface area contributed by atoms with Gasteiger partial charge >= 0.3 is 0 Å². The molecule has 1 saturated heterocycles. The number of carbonyl (C=O) groups is 2. The molecule has 1 aliphatic carbocycles. The first kappa shape index (κ1) is 19.5. The summed E-state index contributed by atoms with van der Waals surface area (Å²) >= 11 is 0. The third-order valence-electron chi connectivity index (χ3n) is 6.88. The summed E-state index contributed by atoms with van der Waals surface area (Å²) in [5, 5.41) is 3.55. The second-order valence-electron chi connectivity index (χ2n) is 8.61. The van der Waals surface area contributed by atoms with Crippen LogP contribution in [-0.2, 0) is 17.8 Å². The number of nitrogens with one attached hydrogen (secondary N) is 1. The Morgan fingerprint density at radius 1 is 1.20 bits per heavy atom. The van der Waals surface area contributed by atoms with Gasteiger partial charge in [-0.1, -0.05) is 6.42 Å². The van der Waals surface area contributed by atoms with Crippen molar-refractivity contribution in [3.8, 4) is 0 Å². The summed E-state index contributed by atoms with van der Waals surface area (Å²) in [7, 11) is 1.59. The summed E-state index contributed by atoms with van der Waals surface area (Å²) in [4.78, 5) is 35.7. The second kappa shape index (κ2) is 8.00. The molecule has 2 aliphatic heterocycles. The molecule has 5 rings (SSSR count). The van der Waals surface area contributed by atoms with Gasteiger partial charge in [0.2, 0.25) is 5.91 Å². The molecule has 1 saturated carbocycles. The van der Waals surface area contributed by atoms with Crippen LogP contribution < -0.4 is 5.32 Å². The van der Waals surface area contributed by atoms with Crippen LogP contribution in [0.15, 0.2) is 16.7 Å². The van der Waals surface area contributed by atoms with Crippen LogP contribution in [0.3, 0.4) is 0 Å². The van der Waals surface area contributed by atoms with Crippen molar-refractivity contribution in [2.24, 2.45) is 0 Å². The molecule has 0 radical (unpaired) electrons. The molecule has 0 aromatic carbocycles. The van der Waals surface area contributed by atoms with Crippen molar-refractivity contribution in [1.82, 2.24) is 25.0 Å². The highest BCUT2D eigenvalue weighted by molar-refractivity contribution is 5.95. The Morgan fingerprint density at radius 2 is 2.00 bits per heavy atom.